The zero-order chi connectivity index (χ0) is 13.8. The fraction of sp³-hybridized carbons (Fsp3) is 0.538. The third kappa shape index (κ3) is 4.96. The van der Waals surface area contributed by atoms with Crippen molar-refractivity contribution in [2.24, 2.45) is 0 Å². The lowest BCUT2D eigenvalue weighted by atomic mass is 10.0. The van der Waals surface area contributed by atoms with Crippen LogP contribution in [0.25, 0.3) is 0 Å². The van der Waals surface area contributed by atoms with Gasteiger partial charge >= 0.3 is 6.18 Å². The second kappa shape index (κ2) is 6.09. The molecule has 0 spiro atoms. The lowest BCUT2D eigenvalue weighted by Gasteiger charge is -2.18. The van der Waals surface area contributed by atoms with Gasteiger partial charge in [0.25, 0.3) is 0 Å². The average Bonchev–Trinajstić information content (AvgIpc) is 2.25. The Labute approximate surface area is 104 Å². The number of alkyl halides is 3. The minimum atomic E-state index is -4.26. The summed E-state index contributed by atoms with van der Waals surface area (Å²) in [6.45, 7) is 3.64. The first-order valence-electron chi connectivity index (χ1n) is 5.80. The Bertz CT molecular complexity index is 375. The summed E-state index contributed by atoms with van der Waals surface area (Å²) in [5.74, 6) is 0.433. The molecule has 0 fully saturated rings. The molecular formula is C13H17F3O2. The maximum atomic E-state index is 12.1. The van der Waals surface area contributed by atoms with Crippen LogP contribution in [0.5, 0.6) is 5.75 Å². The maximum Gasteiger partial charge on any atom is 0.389 e. The van der Waals surface area contributed by atoms with Gasteiger partial charge in [-0.3, -0.25) is 0 Å². The molecule has 1 N–H and O–H groups in total. The summed E-state index contributed by atoms with van der Waals surface area (Å²) in [6.07, 6.45) is -6.89. The molecule has 1 atom stereocenters. The molecule has 0 aliphatic heterocycles. The van der Waals surface area contributed by atoms with Crippen LogP contribution in [0.2, 0.25) is 0 Å². The first-order valence-corrected chi connectivity index (χ1v) is 5.80. The zero-order valence-electron chi connectivity index (χ0n) is 10.4. The first kappa shape index (κ1) is 14.8. The molecule has 1 unspecified atom stereocenters. The Hall–Kier alpha value is -1.23. The third-order valence-corrected chi connectivity index (χ3v) is 2.34. The molecule has 0 aliphatic carbocycles. The molecule has 102 valence electrons. The van der Waals surface area contributed by atoms with Gasteiger partial charge in [0.2, 0.25) is 0 Å². The molecule has 0 saturated carbocycles. The first-order chi connectivity index (χ1) is 8.29. The summed E-state index contributed by atoms with van der Waals surface area (Å²) in [5, 5.41) is 9.80. The van der Waals surface area contributed by atoms with Crippen molar-refractivity contribution in [3.63, 3.8) is 0 Å². The van der Waals surface area contributed by atoms with Gasteiger partial charge in [0.05, 0.1) is 12.2 Å². The van der Waals surface area contributed by atoms with Crippen LogP contribution in [-0.2, 0) is 0 Å². The van der Waals surface area contributed by atoms with Crippen molar-refractivity contribution in [2.75, 3.05) is 0 Å². The van der Waals surface area contributed by atoms with Crippen LogP contribution in [0.15, 0.2) is 24.3 Å². The van der Waals surface area contributed by atoms with Gasteiger partial charge in [0.1, 0.15) is 5.75 Å². The molecule has 0 aliphatic rings. The van der Waals surface area contributed by atoms with Gasteiger partial charge in [0.15, 0.2) is 0 Å². The fourth-order valence-corrected chi connectivity index (χ4v) is 1.57. The van der Waals surface area contributed by atoms with Crippen LogP contribution >= 0.6 is 0 Å². The molecule has 0 saturated heterocycles. The molecule has 1 aromatic rings. The van der Waals surface area contributed by atoms with Crippen LogP contribution in [-0.4, -0.2) is 17.4 Å². The highest BCUT2D eigenvalue weighted by Crippen LogP contribution is 2.32. The Morgan fingerprint density at radius 2 is 1.83 bits per heavy atom. The highest BCUT2D eigenvalue weighted by atomic mass is 19.4. The van der Waals surface area contributed by atoms with E-state index in [4.69, 9.17) is 4.74 Å². The van der Waals surface area contributed by atoms with Crippen LogP contribution < -0.4 is 4.74 Å². The van der Waals surface area contributed by atoms with E-state index in [0.29, 0.717) is 11.3 Å². The summed E-state index contributed by atoms with van der Waals surface area (Å²) >= 11 is 0. The van der Waals surface area contributed by atoms with Crippen molar-refractivity contribution in [3.8, 4) is 5.75 Å². The second-order valence-electron chi connectivity index (χ2n) is 4.37. The van der Waals surface area contributed by atoms with Gasteiger partial charge < -0.3 is 9.84 Å². The minimum absolute atomic E-state index is 0.0963. The second-order valence-corrected chi connectivity index (χ2v) is 4.37. The van der Waals surface area contributed by atoms with Gasteiger partial charge in [-0.1, -0.05) is 18.2 Å². The van der Waals surface area contributed by atoms with Crippen LogP contribution in [0, 0.1) is 0 Å². The summed E-state index contributed by atoms with van der Waals surface area (Å²) in [6, 6.07) is 6.61. The van der Waals surface area contributed by atoms with E-state index < -0.39 is 18.7 Å². The standard InChI is InChI=1S/C13H17F3O2/c1-9(2)18-12-6-4-3-5-10(12)11(17)7-8-13(14,15)16/h3-6,9,11,17H,7-8H2,1-2H3. The van der Waals surface area contributed by atoms with E-state index >= 15 is 0 Å². The van der Waals surface area contributed by atoms with Crippen LogP contribution in [0.1, 0.15) is 38.4 Å². The highest BCUT2D eigenvalue weighted by molar-refractivity contribution is 5.35. The molecule has 0 aromatic heterocycles. The Morgan fingerprint density at radius 3 is 2.39 bits per heavy atom. The van der Waals surface area contributed by atoms with Crippen molar-refractivity contribution in [1.29, 1.82) is 0 Å². The highest BCUT2D eigenvalue weighted by Gasteiger charge is 2.28. The van der Waals surface area contributed by atoms with Crippen LogP contribution in [0.4, 0.5) is 13.2 Å². The Kier molecular flexibility index (Phi) is 5.02. The largest absolute Gasteiger partial charge is 0.491 e. The van der Waals surface area contributed by atoms with Gasteiger partial charge in [-0.2, -0.15) is 13.2 Å². The van der Waals surface area contributed by atoms with Crippen molar-refractivity contribution in [3.05, 3.63) is 29.8 Å². The van der Waals surface area contributed by atoms with Gasteiger partial charge in [-0.15, -0.1) is 0 Å². The molecule has 5 heteroatoms. The van der Waals surface area contributed by atoms with E-state index in [1.54, 1.807) is 24.3 Å². The van der Waals surface area contributed by atoms with Crippen molar-refractivity contribution in [2.45, 2.75) is 45.1 Å². The maximum absolute atomic E-state index is 12.1. The molecule has 1 rings (SSSR count). The molecule has 2 nitrogen and oxygen atoms in total. The quantitative estimate of drug-likeness (QED) is 0.873. The van der Waals surface area contributed by atoms with E-state index in [1.165, 1.54) is 0 Å². The lowest BCUT2D eigenvalue weighted by Crippen LogP contribution is -2.12. The number of rotatable bonds is 5. The number of ether oxygens (including phenoxy) is 1. The van der Waals surface area contributed by atoms with Crippen molar-refractivity contribution in [1.82, 2.24) is 0 Å². The Morgan fingerprint density at radius 1 is 1.22 bits per heavy atom. The van der Waals surface area contributed by atoms with Gasteiger partial charge in [-0.25, -0.2) is 0 Å². The molecule has 1 aromatic carbocycles. The third-order valence-electron chi connectivity index (χ3n) is 2.34. The fourth-order valence-electron chi connectivity index (χ4n) is 1.57. The molecular weight excluding hydrogens is 245 g/mol. The number of benzene rings is 1. The molecule has 0 radical (unpaired) electrons. The van der Waals surface area contributed by atoms with E-state index in [2.05, 4.69) is 0 Å². The topological polar surface area (TPSA) is 29.5 Å². The average molecular weight is 262 g/mol. The zero-order valence-corrected chi connectivity index (χ0v) is 10.4. The van der Waals surface area contributed by atoms with Crippen molar-refractivity contribution < 1.29 is 23.0 Å². The number of aliphatic hydroxyl groups excluding tert-OH is 1. The van der Waals surface area contributed by atoms with E-state index in [9.17, 15) is 18.3 Å². The molecule has 18 heavy (non-hydrogen) atoms. The Balaban J connectivity index is 2.75. The summed E-state index contributed by atoms with van der Waals surface area (Å²) < 4.78 is 41.8. The SMILES string of the molecule is CC(C)Oc1ccccc1C(O)CCC(F)(F)F. The number of hydrogen-bond acceptors (Lipinski definition) is 2. The monoisotopic (exact) mass is 262 g/mol. The number of para-hydroxylation sites is 1. The lowest BCUT2D eigenvalue weighted by molar-refractivity contribution is -0.140. The number of hydrogen-bond donors (Lipinski definition) is 1. The molecule has 0 heterocycles. The minimum Gasteiger partial charge on any atom is -0.491 e. The van der Waals surface area contributed by atoms with E-state index in [-0.39, 0.29) is 12.5 Å². The summed E-state index contributed by atoms with van der Waals surface area (Å²) in [5.41, 5.74) is 0.399. The summed E-state index contributed by atoms with van der Waals surface area (Å²) in [7, 11) is 0. The van der Waals surface area contributed by atoms with E-state index in [0.717, 1.165) is 0 Å². The van der Waals surface area contributed by atoms with E-state index in [1.807, 2.05) is 13.8 Å². The van der Waals surface area contributed by atoms with Crippen molar-refractivity contribution >= 4 is 0 Å². The van der Waals surface area contributed by atoms with Crippen LogP contribution in [0.3, 0.4) is 0 Å². The number of halogens is 3. The van der Waals surface area contributed by atoms with Gasteiger partial charge in [-0.05, 0) is 26.3 Å². The summed E-state index contributed by atoms with van der Waals surface area (Å²) in [4.78, 5) is 0. The molecule has 0 bridgehead atoms. The normalized spacial score (nSPS) is 13.7. The molecule has 0 amide bonds. The smallest absolute Gasteiger partial charge is 0.389 e. The predicted molar refractivity (Wildman–Crippen MR) is 62.5 cm³/mol. The van der Waals surface area contributed by atoms with Gasteiger partial charge in [0, 0.05) is 12.0 Å². The number of aliphatic hydroxyl groups is 1. The predicted octanol–water partition coefficient (Wildman–Crippen LogP) is 3.85.